The third-order valence-electron chi connectivity index (χ3n) is 5.07. The number of hydrogen-bond acceptors (Lipinski definition) is 1. The van der Waals surface area contributed by atoms with Crippen molar-refractivity contribution in [1.82, 2.24) is 0 Å². The molecule has 0 fully saturated rings. The molecule has 2 aromatic rings. The van der Waals surface area contributed by atoms with Crippen LogP contribution in [0.2, 0.25) is 0 Å². The van der Waals surface area contributed by atoms with Gasteiger partial charge in [-0.1, -0.05) is 65.3 Å². The molecule has 0 saturated carbocycles. The molecule has 2 aromatic carbocycles. The number of rotatable bonds is 2. The number of para-hydroxylation sites is 1. The highest BCUT2D eigenvalue weighted by Gasteiger charge is 2.38. The zero-order chi connectivity index (χ0) is 15.1. The fourth-order valence-corrected chi connectivity index (χ4v) is 4.43. The zero-order valence-electron chi connectivity index (χ0n) is 12.7. The number of nitrogens with one attached hydrogen (secondary N) is 1. The van der Waals surface area contributed by atoms with Gasteiger partial charge in [-0.15, -0.1) is 0 Å². The molecule has 22 heavy (non-hydrogen) atoms. The lowest BCUT2D eigenvalue weighted by molar-refractivity contribution is 0.425. The molecule has 1 heterocycles. The Balaban J connectivity index is 1.83. The van der Waals surface area contributed by atoms with Gasteiger partial charge in [0.1, 0.15) is 0 Å². The lowest BCUT2D eigenvalue weighted by Gasteiger charge is -2.38. The first-order chi connectivity index (χ1) is 10.8. The van der Waals surface area contributed by atoms with Gasteiger partial charge in [0.05, 0.1) is 6.04 Å². The zero-order valence-corrected chi connectivity index (χ0v) is 14.3. The fraction of sp³-hybridized carbons (Fsp3) is 0.300. The number of benzene rings is 2. The number of aryl methyl sites for hydroxylation is 1. The van der Waals surface area contributed by atoms with Crippen molar-refractivity contribution in [1.29, 1.82) is 0 Å². The molecule has 0 radical (unpaired) electrons. The van der Waals surface area contributed by atoms with Crippen molar-refractivity contribution in [3.05, 3.63) is 75.8 Å². The lowest BCUT2D eigenvalue weighted by Crippen LogP contribution is -2.29. The van der Waals surface area contributed by atoms with Crippen molar-refractivity contribution < 1.29 is 0 Å². The minimum atomic E-state index is 0.387. The highest BCUT2D eigenvalue weighted by Crippen LogP contribution is 2.50. The van der Waals surface area contributed by atoms with Crippen molar-refractivity contribution in [2.75, 3.05) is 5.32 Å². The molecule has 0 spiro atoms. The van der Waals surface area contributed by atoms with Crippen molar-refractivity contribution in [2.45, 2.75) is 31.7 Å². The summed E-state index contributed by atoms with van der Waals surface area (Å²) in [5, 5.41) is 3.87. The van der Waals surface area contributed by atoms with Gasteiger partial charge in [-0.25, -0.2) is 0 Å². The van der Waals surface area contributed by atoms with Gasteiger partial charge in [0.2, 0.25) is 0 Å². The number of fused-ring (bicyclic) bond motifs is 3. The van der Waals surface area contributed by atoms with Crippen LogP contribution in [0.1, 0.15) is 42.0 Å². The molecule has 1 aliphatic heterocycles. The van der Waals surface area contributed by atoms with Crippen molar-refractivity contribution in [2.24, 2.45) is 5.92 Å². The van der Waals surface area contributed by atoms with Crippen LogP contribution in [-0.2, 0) is 6.42 Å². The molecule has 0 bridgehead atoms. The van der Waals surface area contributed by atoms with Gasteiger partial charge in [0.25, 0.3) is 0 Å². The normalized spacial score (nSPS) is 25.5. The van der Waals surface area contributed by atoms with Gasteiger partial charge in [0.15, 0.2) is 0 Å². The summed E-state index contributed by atoms with van der Waals surface area (Å²) in [6.07, 6.45) is 7.00. The van der Waals surface area contributed by atoms with Crippen LogP contribution in [0.4, 0.5) is 5.69 Å². The molecule has 3 atom stereocenters. The maximum atomic E-state index is 3.87. The van der Waals surface area contributed by atoms with E-state index in [9.17, 15) is 0 Å². The fourth-order valence-electron chi connectivity index (χ4n) is 4.01. The number of allylic oxidation sites excluding steroid dienone is 2. The first-order valence-corrected chi connectivity index (χ1v) is 8.87. The first kappa shape index (κ1) is 14.1. The number of hydrogen-bond donors (Lipinski definition) is 1. The van der Waals surface area contributed by atoms with Crippen LogP contribution in [0.5, 0.6) is 0 Å². The van der Waals surface area contributed by atoms with E-state index in [-0.39, 0.29) is 0 Å². The van der Waals surface area contributed by atoms with Crippen LogP contribution in [-0.4, -0.2) is 0 Å². The largest absolute Gasteiger partial charge is 0.377 e. The Bertz CT molecular complexity index is 734. The Hall–Kier alpha value is -1.54. The van der Waals surface area contributed by atoms with Crippen LogP contribution >= 0.6 is 15.9 Å². The van der Waals surface area contributed by atoms with E-state index < -0.39 is 0 Å². The van der Waals surface area contributed by atoms with E-state index in [1.54, 1.807) is 0 Å². The molecular formula is C20H20BrN. The molecular weight excluding hydrogens is 334 g/mol. The summed E-state index contributed by atoms with van der Waals surface area (Å²) in [6, 6.07) is 15.9. The molecule has 4 rings (SSSR count). The number of halogens is 1. The van der Waals surface area contributed by atoms with E-state index in [4.69, 9.17) is 0 Å². The summed E-state index contributed by atoms with van der Waals surface area (Å²) in [7, 11) is 0. The second-order valence-electron chi connectivity index (χ2n) is 6.27. The smallest absolute Gasteiger partial charge is 0.0554 e. The third kappa shape index (κ3) is 2.21. The van der Waals surface area contributed by atoms with Crippen LogP contribution in [0.15, 0.2) is 59.1 Å². The SMILES string of the molecule is CCc1cccc2c1N[C@H](c1cccc(Br)c1)[C@H]1CC=C[C@@H]21. The first-order valence-electron chi connectivity index (χ1n) is 8.08. The van der Waals surface area contributed by atoms with Gasteiger partial charge in [-0.3, -0.25) is 0 Å². The average Bonchev–Trinajstić information content (AvgIpc) is 3.03. The summed E-state index contributed by atoms with van der Waals surface area (Å²) in [4.78, 5) is 0. The molecule has 0 unspecified atom stereocenters. The Kier molecular flexibility index (Phi) is 3.57. The quantitative estimate of drug-likeness (QED) is 0.668. The highest BCUT2D eigenvalue weighted by atomic mass is 79.9. The Labute approximate surface area is 140 Å². The summed E-state index contributed by atoms with van der Waals surface area (Å²) in [6.45, 7) is 2.24. The van der Waals surface area contributed by atoms with Gasteiger partial charge in [-0.2, -0.15) is 0 Å². The van der Waals surface area contributed by atoms with Gasteiger partial charge >= 0.3 is 0 Å². The van der Waals surface area contributed by atoms with Crippen molar-refractivity contribution in [3.63, 3.8) is 0 Å². The minimum Gasteiger partial charge on any atom is -0.377 e. The molecule has 0 aromatic heterocycles. The van der Waals surface area contributed by atoms with Crippen LogP contribution in [0.3, 0.4) is 0 Å². The predicted molar refractivity (Wildman–Crippen MR) is 96.3 cm³/mol. The van der Waals surface area contributed by atoms with E-state index in [1.807, 2.05) is 0 Å². The Morgan fingerprint density at radius 3 is 2.86 bits per heavy atom. The summed E-state index contributed by atoms with van der Waals surface area (Å²) < 4.78 is 1.16. The standard InChI is InChI=1S/C20H20BrN/c1-2-13-6-4-10-17-16-9-5-11-18(16)20(22-19(13)17)14-7-3-8-15(21)12-14/h3-10,12,16,18,20,22H,2,11H2,1H3/t16-,18-,20+/m0/s1. The average molecular weight is 354 g/mol. The molecule has 2 aliphatic rings. The Morgan fingerprint density at radius 2 is 2.05 bits per heavy atom. The van der Waals surface area contributed by atoms with Gasteiger partial charge in [-0.05, 0) is 47.6 Å². The Morgan fingerprint density at radius 1 is 1.18 bits per heavy atom. The monoisotopic (exact) mass is 353 g/mol. The molecule has 0 amide bonds. The van der Waals surface area contributed by atoms with Crippen molar-refractivity contribution in [3.8, 4) is 0 Å². The molecule has 2 heteroatoms. The van der Waals surface area contributed by atoms with E-state index >= 15 is 0 Å². The van der Waals surface area contributed by atoms with Gasteiger partial charge in [0, 0.05) is 16.1 Å². The molecule has 0 saturated heterocycles. The van der Waals surface area contributed by atoms with E-state index in [0.29, 0.717) is 17.9 Å². The highest BCUT2D eigenvalue weighted by molar-refractivity contribution is 9.10. The van der Waals surface area contributed by atoms with E-state index in [0.717, 1.165) is 17.3 Å². The second kappa shape index (κ2) is 5.58. The van der Waals surface area contributed by atoms with Crippen LogP contribution in [0, 0.1) is 5.92 Å². The topological polar surface area (TPSA) is 12.0 Å². The minimum absolute atomic E-state index is 0.387. The van der Waals surface area contributed by atoms with E-state index in [1.165, 1.54) is 22.4 Å². The van der Waals surface area contributed by atoms with Gasteiger partial charge < -0.3 is 5.32 Å². The van der Waals surface area contributed by atoms with Crippen molar-refractivity contribution >= 4 is 21.6 Å². The number of anilines is 1. The summed E-state index contributed by atoms with van der Waals surface area (Å²) >= 11 is 3.62. The third-order valence-corrected chi connectivity index (χ3v) is 5.56. The molecule has 112 valence electrons. The second-order valence-corrected chi connectivity index (χ2v) is 7.18. The maximum absolute atomic E-state index is 3.87. The van der Waals surface area contributed by atoms with Crippen LogP contribution in [0.25, 0.3) is 0 Å². The molecule has 1 aliphatic carbocycles. The maximum Gasteiger partial charge on any atom is 0.0554 e. The summed E-state index contributed by atoms with van der Waals surface area (Å²) in [5.41, 5.74) is 5.65. The van der Waals surface area contributed by atoms with E-state index in [2.05, 4.69) is 82.8 Å². The predicted octanol–water partition coefficient (Wildman–Crippen LogP) is 5.84. The summed E-state index contributed by atoms with van der Waals surface area (Å²) in [5.74, 6) is 1.17. The van der Waals surface area contributed by atoms with Crippen LogP contribution < -0.4 is 5.32 Å². The molecule has 1 N–H and O–H groups in total. The molecule has 1 nitrogen and oxygen atoms in total. The lowest BCUT2D eigenvalue weighted by atomic mass is 9.76.